The number of amides is 1. The zero-order valence-corrected chi connectivity index (χ0v) is 10.9. The Labute approximate surface area is 115 Å². The summed E-state index contributed by atoms with van der Waals surface area (Å²) in [6, 6.07) is 3.86. The van der Waals surface area contributed by atoms with E-state index in [4.69, 9.17) is 17.3 Å². The summed E-state index contributed by atoms with van der Waals surface area (Å²) >= 11 is 5.70. The Morgan fingerprint density at radius 3 is 2.79 bits per heavy atom. The molecule has 1 amide bonds. The van der Waals surface area contributed by atoms with Crippen LogP contribution < -0.4 is 11.1 Å². The predicted octanol–water partition coefficient (Wildman–Crippen LogP) is 1.72. The lowest BCUT2D eigenvalue weighted by Gasteiger charge is -2.15. The maximum atomic E-state index is 12.1. The number of halogens is 1. The second kappa shape index (κ2) is 5.54. The van der Waals surface area contributed by atoms with Crippen LogP contribution in [0.4, 0.5) is 5.69 Å². The van der Waals surface area contributed by atoms with Gasteiger partial charge in [0.05, 0.1) is 4.92 Å². The first-order valence-electron chi connectivity index (χ1n) is 5.97. The van der Waals surface area contributed by atoms with E-state index in [1.165, 1.54) is 18.2 Å². The molecule has 1 fully saturated rings. The largest absolute Gasteiger partial charge is 0.348 e. The van der Waals surface area contributed by atoms with Gasteiger partial charge in [0.2, 0.25) is 0 Å². The molecular weight excluding hydrogens is 270 g/mol. The van der Waals surface area contributed by atoms with Crippen molar-refractivity contribution < 1.29 is 9.72 Å². The highest BCUT2D eigenvalue weighted by atomic mass is 35.5. The van der Waals surface area contributed by atoms with E-state index in [1.54, 1.807) is 0 Å². The van der Waals surface area contributed by atoms with E-state index in [9.17, 15) is 14.9 Å². The Kier molecular flexibility index (Phi) is 4.01. The molecule has 1 aliphatic rings. The molecule has 0 radical (unpaired) electrons. The number of hydrogen-bond donors (Lipinski definition) is 2. The molecule has 1 unspecified atom stereocenters. The third-order valence-electron chi connectivity index (χ3n) is 3.16. The smallest absolute Gasteiger partial charge is 0.283 e. The monoisotopic (exact) mass is 283 g/mol. The molecule has 0 bridgehead atoms. The molecule has 1 atom stereocenters. The number of carbonyl (C=O) groups is 1. The minimum absolute atomic E-state index is 0.00787. The van der Waals surface area contributed by atoms with Gasteiger partial charge in [-0.15, -0.1) is 0 Å². The fraction of sp³-hybridized carbons (Fsp3) is 0.417. The van der Waals surface area contributed by atoms with Crippen LogP contribution in [0, 0.1) is 16.0 Å². The number of nitrogens with one attached hydrogen (secondary N) is 1. The van der Waals surface area contributed by atoms with Gasteiger partial charge in [0, 0.05) is 23.7 Å². The van der Waals surface area contributed by atoms with Gasteiger partial charge in [-0.3, -0.25) is 14.9 Å². The van der Waals surface area contributed by atoms with Crippen molar-refractivity contribution in [1.82, 2.24) is 5.32 Å². The molecule has 0 saturated heterocycles. The van der Waals surface area contributed by atoms with Gasteiger partial charge in [-0.05, 0) is 30.9 Å². The third kappa shape index (κ3) is 3.21. The van der Waals surface area contributed by atoms with Gasteiger partial charge in [-0.2, -0.15) is 0 Å². The minimum atomic E-state index is -0.616. The van der Waals surface area contributed by atoms with Gasteiger partial charge < -0.3 is 11.1 Å². The first-order chi connectivity index (χ1) is 9.02. The van der Waals surface area contributed by atoms with Crippen molar-refractivity contribution in [3.8, 4) is 0 Å². The summed E-state index contributed by atoms with van der Waals surface area (Å²) in [5.41, 5.74) is 5.31. The van der Waals surface area contributed by atoms with Crippen molar-refractivity contribution in [2.45, 2.75) is 18.9 Å². The topological polar surface area (TPSA) is 98.3 Å². The van der Waals surface area contributed by atoms with Crippen LogP contribution in [0.15, 0.2) is 18.2 Å². The average molecular weight is 284 g/mol. The second-order valence-electron chi connectivity index (χ2n) is 4.57. The van der Waals surface area contributed by atoms with E-state index in [2.05, 4.69) is 5.32 Å². The highest BCUT2D eigenvalue weighted by Gasteiger charge is 2.32. The van der Waals surface area contributed by atoms with E-state index in [1.807, 2.05) is 0 Å². The molecule has 1 aliphatic carbocycles. The highest BCUT2D eigenvalue weighted by Crippen LogP contribution is 2.32. The van der Waals surface area contributed by atoms with Crippen molar-refractivity contribution >= 4 is 23.2 Å². The number of rotatable bonds is 5. The Morgan fingerprint density at radius 1 is 1.58 bits per heavy atom. The fourth-order valence-corrected chi connectivity index (χ4v) is 2.13. The van der Waals surface area contributed by atoms with Gasteiger partial charge in [0.1, 0.15) is 5.56 Å². The molecule has 1 aromatic carbocycles. The molecule has 102 valence electrons. The van der Waals surface area contributed by atoms with Gasteiger partial charge in [0.15, 0.2) is 0 Å². The number of hydrogen-bond acceptors (Lipinski definition) is 4. The summed E-state index contributed by atoms with van der Waals surface area (Å²) in [7, 11) is 0. The molecule has 0 aromatic heterocycles. The van der Waals surface area contributed by atoms with Crippen molar-refractivity contribution in [3.63, 3.8) is 0 Å². The van der Waals surface area contributed by atoms with Gasteiger partial charge in [-0.1, -0.05) is 11.6 Å². The molecule has 2 rings (SSSR count). The maximum absolute atomic E-state index is 12.1. The number of nitrogens with zero attached hydrogens (tertiary/aromatic N) is 1. The van der Waals surface area contributed by atoms with Crippen molar-refractivity contribution in [3.05, 3.63) is 38.9 Å². The number of carbonyl (C=O) groups excluding carboxylic acids is 1. The number of nitro groups is 1. The van der Waals surface area contributed by atoms with Gasteiger partial charge in [-0.25, -0.2) is 0 Å². The van der Waals surface area contributed by atoms with Crippen molar-refractivity contribution in [2.24, 2.45) is 11.7 Å². The normalized spacial score (nSPS) is 15.9. The van der Waals surface area contributed by atoms with Gasteiger partial charge in [0.25, 0.3) is 11.6 Å². The molecule has 1 aromatic rings. The van der Waals surface area contributed by atoms with Crippen LogP contribution in [0.2, 0.25) is 5.02 Å². The minimum Gasteiger partial charge on any atom is -0.348 e. The van der Waals surface area contributed by atoms with Crippen LogP contribution in [0.25, 0.3) is 0 Å². The third-order valence-corrected chi connectivity index (χ3v) is 3.40. The quantitative estimate of drug-likeness (QED) is 0.635. The van der Waals surface area contributed by atoms with E-state index in [0.717, 1.165) is 12.8 Å². The molecule has 0 aliphatic heterocycles. The molecule has 19 heavy (non-hydrogen) atoms. The van der Waals surface area contributed by atoms with Crippen LogP contribution in [-0.4, -0.2) is 23.4 Å². The van der Waals surface area contributed by atoms with Gasteiger partial charge >= 0.3 is 0 Å². The van der Waals surface area contributed by atoms with E-state index >= 15 is 0 Å². The van der Waals surface area contributed by atoms with E-state index < -0.39 is 10.8 Å². The number of benzene rings is 1. The Balaban J connectivity index is 2.20. The van der Waals surface area contributed by atoms with Crippen molar-refractivity contribution in [2.75, 3.05) is 6.54 Å². The SMILES string of the molecule is NCC(NC(=O)c1ccc(Cl)cc1[N+](=O)[O-])C1CC1. The van der Waals surface area contributed by atoms with Crippen LogP contribution in [0.1, 0.15) is 23.2 Å². The predicted molar refractivity (Wildman–Crippen MR) is 71.1 cm³/mol. The summed E-state index contributed by atoms with van der Waals surface area (Å²) < 4.78 is 0. The number of nitro benzene ring substituents is 1. The molecule has 0 spiro atoms. The highest BCUT2D eigenvalue weighted by molar-refractivity contribution is 6.31. The maximum Gasteiger partial charge on any atom is 0.283 e. The number of nitrogens with two attached hydrogens (primary N) is 1. The molecule has 1 saturated carbocycles. The average Bonchev–Trinajstić information content (AvgIpc) is 3.19. The molecule has 0 heterocycles. The lowest BCUT2D eigenvalue weighted by Crippen LogP contribution is -2.41. The Hall–Kier alpha value is -1.66. The molecule has 6 nitrogen and oxygen atoms in total. The Morgan fingerprint density at radius 2 is 2.26 bits per heavy atom. The van der Waals surface area contributed by atoms with Crippen LogP contribution >= 0.6 is 11.6 Å². The van der Waals surface area contributed by atoms with Crippen LogP contribution in [0.5, 0.6) is 0 Å². The summed E-state index contributed by atoms with van der Waals surface area (Å²) in [5, 5.41) is 13.9. The zero-order chi connectivity index (χ0) is 14.0. The first-order valence-corrected chi connectivity index (χ1v) is 6.35. The zero-order valence-electron chi connectivity index (χ0n) is 10.1. The molecule has 3 N–H and O–H groups in total. The summed E-state index contributed by atoms with van der Waals surface area (Å²) in [6.45, 7) is 0.331. The van der Waals surface area contributed by atoms with Crippen LogP contribution in [-0.2, 0) is 0 Å². The lowest BCUT2D eigenvalue weighted by atomic mass is 10.1. The Bertz CT molecular complexity index is 517. The summed E-state index contributed by atoms with van der Waals surface area (Å²) in [6.07, 6.45) is 2.07. The fourth-order valence-electron chi connectivity index (χ4n) is 1.96. The molecular formula is C12H14ClN3O3. The molecule has 7 heteroatoms. The standard InChI is InChI=1S/C12H14ClN3O3/c13-8-3-4-9(11(5-8)16(18)19)12(17)15-10(6-14)7-1-2-7/h3-5,7,10H,1-2,6,14H2,(H,15,17). The van der Waals surface area contributed by atoms with E-state index in [-0.39, 0.29) is 22.3 Å². The van der Waals surface area contributed by atoms with E-state index in [0.29, 0.717) is 12.5 Å². The van der Waals surface area contributed by atoms with Crippen LogP contribution in [0.3, 0.4) is 0 Å². The first kappa shape index (κ1) is 13.8. The second-order valence-corrected chi connectivity index (χ2v) is 5.01. The summed E-state index contributed by atoms with van der Waals surface area (Å²) in [4.78, 5) is 22.4. The lowest BCUT2D eigenvalue weighted by molar-refractivity contribution is -0.385. The van der Waals surface area contributed by atoms with Crippen molar-refractivity contribution in [1.29, 1.82) is 0 Å². The summed E-state index contributed by atoms with van der Waals surface area (Å²) in [5.74, 6) is -0.0916.